The van der Waals surface area contributed by atoms with Crippen molar-refractivity contribution in [3.8, 4) is 5.88 Å². The third-order valence-electron chi connectivity index (χ3n) is 3.90. The number of ether oxygens (including phenoxy) is 1. The molecule has 1 amide bonds. The van der Waals surface area contributed by atoms with Gasteiger partial charge < -0.3 is 19.5 Å². The Labute approximate surface area is 146 Å². The summed E-state index contributed by atoms with van der Waals surface area (Å²) in [6.45, 7) is 1.83. The molecule has 0 spiro atoms. The number of benzene rings is 1. The Morgan fingerprint density at radius 3 is 2.72 bits per heavy atom. The predicted molar refractivity (Wildman–Crippen MR) is 97.0 cm³/mol. The molecule has 0 atom stereocenters. The van der Waals surface area contributed by atoms with E-state index in [1.54, 1.807) is 12.1 Å². The number of rotatable bonds is 6. The van der Waals surface area contributed by atoms with Gasteiger partial charge in [-0.15, -0.1) is 10.2 Å². The number of carbonyl (C=O) groups is 1. The van der Waals surface area contributed by atoms with E-state index in [-0.39, 0.29) is 11.6 Å². The van der Waals surface area contributed by atoms with Crippen molar-refractivity contribution >= 4 is 22.5 Å². The van der Waals surface area contributed by atoms with E-state index in [4.69, 9.17) is 4.74 Å². The van der Waals surface area contributed by atoms with Crippen LogP contribution in [0.4, 0.5) is 5.69 Å². The first-order chi connectivity index (χ1) is 12.1. The summed E-state index contributed by atoms with van der Waals surface area (Å²) in [5, 5.41) is 11.7. The van der Waals surface area contributed by atoms with Gasteiger partial charge in [-0.05, 0) is 43.7 Å². The first-order valence-electron chi connectivity index (χ1n) is 7.99. The van der Waals surface area contributed by atoms with E-state index in [9.17, 15) is 4.79 Å². The lowest BCUT2D eigenvalue weighted by Gasteiger charge is -2.12. The van der Waals surface area contributed by atoms with Gasteiger partial charge in [-0.25, -0.2) is 0 Å². The van der Waals surface area contributed by atoms with E-state index in [1.807, 2.05) is 32.3 Å². The summed E-state index contributed by atoms with van der Waals surface area (Å²) in [5.41, 5.74) is 2.05. The van der Waals surface area contributed by atoms with E-state index in [0.717, 1.165) is 29.7 Å². The minimum absolute atomic E-state index is 0.240. The standard InChI is InChI=1S/C18H21N5O2/c1-22(2)10-11-23-9-8-13-4-5-14(12-16(13)23)19-18(24)15-6-7-17(25-3)21-20-15/h4-9,12H,10-11H2,1-3H3,(H,19,24). The molecule has 1 N–H and O–H groups in total. The fraction of sp³-hybridized carbons (Fsp3) is 0.278. The van der Waals surface area contributed by atoms with Crippen LogP contribution in [0.2, 0.25) is 0 Å². The number of hydrogen-bond donors (Lipinski definition) is 1. The number of nitrogens with one attached hydrogen (secondary N) is 1. The monoisotopic (exact) mass is 339 g/mol. The summed E-state index contributed by atoms with van der Waals surface area (Å²) in [4.78, 5) is 14.5. The van der Waals surface area contributed by atoms with Gasteiger partial charge in [-0.1, -0.05) is 6.07 Å². The van der Waals surface area contributed by atoms with E-state index in [0.29, 0.717) is 5.88 Å². The van der Waals surface area contributed by atoms with Gasteiger partial charge in [-0.3, -0.25) is 4.79 Å². The Kier molecular flexibility index (Phi) is 4.95. The fourth-order valence-electron chi connectivity index (χ4n) is 2.51. The molecule has 130 valence electrons. The smallest absolute Gasteiger partial charge is 0.276 e. The molecule has 0 saturated carbocycles. The summed E-state index contributed by atoms with van der Waals surface area (Å²) in [5.74, 6) is 0.0672. The lowest BCUT2D eigenvalue weighted by atomic mass is 10.2. The molecule has 0 aliphatic carbocycles. The zero-order chi connectivity index (χ0) is 17.8. The summed E-state index contributed by atoms with van der Waals surface area (Å²) < 4.78 is 7.13. The number of aromatic nitrogens is 3. The first-order valence-corrected chi connectivity index (χ1v) is 7.99. The van der Waals surface area contributed by atoms with Gasteiger partial charge in [0.15, 0.2) is 5.69 Å². The van der Waals surface area contributed by atoms with Crippen LogP contribution < -0.4 is 10.1 Å². The fourth-order valence-corrected chi connectivity index (χ4v) is 2.51. The maximum atomic E-state index is 12.3. The van der Waals surface area contributed by atoms with Crippen LogP contribution in [0.25, 0.3) is 10.9 Å². The normalized spacial score (nSPS) is 11.0. The van der Waals surface area contributed by atoms with Crippen molar-refractivity contribution < 1.29 is 9.53 Å². The number of nitrogens with zero attached hydrogens (tertiary/aromatic N) is 4. The highest BCUT2D eigenvalue weighted by molar-refractivity contribution is 6.03. The number of fused-ring (bicyclic) bond motifs is 1. The molecule has 0 aliphatic heterocycles. The Bertz CT molecular complexity index is 871. The molecule has 2 aromatic heterocycles. The second kappa shape index (κ2) is 7.31. The molecule has 1 aromatic carbocycles. The van der Waals surface area contributed by atoms with Crippen LogP contribution in [0.15, 0.2) is 42.6 Å². The molecule has 2 heterocycles. The molecule has 0 bridgehead atoms. The van der Waals surface area contributed by atoms with Crippen LogP contribution in [0.5, 0.6) is 5.88 Å². The molecule has 25 heavy (non-hydrogen) atoms. The van der Waals surface area contributed by atoms with E-state index < -0.39 is 0 Å². The highest BCUT2D eigenvalue weighted by Crippen LogP contribution is 2.21. The average Bonchev–Trinajstić information content (AvgIpc) is 3.02. The summed E-state index contributed by atoms with van der Waals surface area (Å²) in [7, 11) is 5.60. The van der Waals surface area contributed by atoms with Crippen LogP contribution in [0.3, 0.4) is 0 Å². The minimum Gasteiger partial charge on any atom is -0.480 e. The molecule has 0 saturated heterocycles. The van der Waals surface area contributed by atoms with Crippen molar-refractivity contribution in [1.29, 1.82) is 0 Å². The minimum atomic E-state index is -0.305. The topological polar surface area (TPSA) is 72.3 Å². The molecule has 0 radical (unpaired) electrons. The highest BCUT2D eigenvalue weighted by Gasteiger charge is 2.10. The molecule has 7 heteroatoms. The second-order valence-corrected chi connectivity index (χ2v) is 6.00. The summed E-state index contributed by atoms with van der Waals surface area (Å²) in [6, 6.07) is 11.1. The molecule has 3 aromatic rings. The number of methoxy groups -OCH3 is 1. The number of amides is 1. The SMILES string of the molecule is COc1ccc(C(=O)Nc2ccc3ccn(CCN(C)C)c3c2)nn1. The van der Waals surface area contributed by atoms with Crippen LogP contribution >= 0.6 is 0 Å². The van der Waals surface area contributed by atoms with Gasteiger partial charge in [0.25, 0.3) is 5.91 Å². The molecule has 0 fully saturated rings. The Hall–Kier alpha value is -2.93. The molecule has 0 unspecified atom stereocenters. The third kappa shape index (κ3) is 3.95. The number of anilines is 1. The van der Waals surface area contributed by atoms with Crippen molar-refractivity contribution in [2.75, 3.05) is 33.1 Å². The van der Waals surface area contributed by atoms with Gasteiger partial charge in [0.1, 0.15) is 0 Å². The number of hydrogen-bond acceptors (Lipinski definition) is 5. The Balaban J connectivity index is 1.78. The van der Waals surface area contributed by atoms with Gasteiger partial charge in [0, 0.05) is 31.0 Å². The van der Waals surface area contributed by atoms with E-state index in [2.05, 4.69) is 37.2 Å². The largest absolute Gasteiger partial charge is 0.480 e. The van der Waals surface area contributed by atoms with E-state index >= 15 is 0 Å². The maximum absolute atomic E-state index is 12.3. The van der Waals surface area contributed by atoms with Gasteiger partial charge in [-0.2, -0.15) is 0 Å². The Morgan fingerprint density at radius 1 is 1.20 bits per heavy atom. The highest BCUT2D eigenvalue weighted by atomic mass is 16.5. The molecule has 0 aliphatic rings. The predicted octanol–water partition coefficient (Wildman–Crippen LogP) is 2.25. The zero-order valence-corrected chi connectivity index (χ0v) is 14.6. The molecule has 7 nitrogen and oxygen atoms in total. The lowest BCUT2D eigenvalue weighted by Crippen LogP contribution is -2.18. The third-order valence-corrected chi connectivity index (χ3v) is 3.90. The molecular formula is C18H21N5O2. The van der Waals surface area contributed by atoms with Crippen molar-refractivity contribution in [3.05, 3.63) is 48.3 Å². The van der Waals surface area contributed by atoms with Crippen LogP contribution in [0, 0.1) is 0 Å². The number of likely N-dealkylation sites (N-methyl/N-ethyl adjacent to an activating group) is 1. The lowest BCUT2D eigenvalue weighted by molar-refractivity contribution is 0.102. The van der Waals surface area contributed by atoms with Gasteiger partial charge in [0.05, 0.1) is 12.6 Å². The van der Waals surface area contributed by atoms with Crippen molar-refractivity contribution in [1.82, 2.24) is 19.7 Å². The number of carbonyl (C=O) groups excluding carboxylic acids is 1. The molecular weight excluding hydrogens is 318 g/mol. The zero-order valence-electron chi connectivity index (χ0n) is 14.6. The van der Waals surface area contributed by atoms with Crippen LogP contribution in [0.1, 0.15) is 10.5 Å². The van der Waals surface area contributed by atoms with Gasteiger partial charge >= 0.3 is 0 Å². The Morgan fingerprint density at radius 2 is 2.04 bits per heavy atom. The average molecular weight is 339 g/mol. The summed E-state index contributed by atoms with van der Waals surface area (Å²) in [6.07, 6.45) is 2.06. The second-order valence-electron chi connectivity index (χ2n) is 6.00. The van der Waals surface area contributed by atoms with Crippen molar-refractivity contribution in [2.45, 2.75) is 6.54 Å². The van der Waals surface area contributed by atoms with Gasteiger partial charge in [0.2, 0.25) is 5.88 Å². The maximum Gasteiger partial charge on any atom is 0.276 e. The quantitative estimate of drug-likeness (QED) is 0.746. The van der Waals surface area contributed by atoms with Crippen LogP contribution in [-0.4, -0.2) is 53.3 Å². The first kappa shape index (κ1) is 16.9. The summed E-state index contributed by atoms with van der Waals surface area (Å²) >= 11 is 0. The molecule has 3 rings (SSSR count). The van der Waals surface area contributed by atoms with Crippen molar-refractivity contribution in [3.63, 3.8) is 0 Å². The van der Waals surface area contributed by atoms with Crippen LogP contribution in [-0.2, 0) is 6.54 Å². The van der Waals surface area contributed by atoms with E-state index in [1.165, 1.54) is 7.11 Å². The van der Waals surface area contributed by atoms with Crippen molar-refractivity contribution in [2.24, 2.45) is 0 Å².